The molecule has 0 aromatic heterocycles. The normalized spacial score (nSPS) is 11.8. The van der Waals surface area contributed by atoms with Crippen LogP contribution in [-0.4, -0.2) is 5.11 Å². The van der Waals surface area contributed by atoms with Crippen LogP contribution < -0.4 is 5.43 Å². The topological polar surface area (TPSA) is 37.3 Å². The molecule has 0 aliphatic rings. The Morgan fingerprint density at radius 1 is 1.07 bits per heavy atom. The highest BCUT2D eigenvalue weighted by atomic mass is 16.3. The highest BCUT2D eigenvalue weighted by molar-refractivity contribution is 6.20. The van der Waals surface area contributed by atoms with E-state index >= 15 is 0 Å². The molecule has 0 heterocycles. The average Bonchev–Trinajstić information content (AvgIpc) is 2.87. The summed E-state index contributed by atoms with van der Waals surface area (Å²) in [6.45, 7) is 1.84. The average molecular weight is 184 g/mol. The molecule has 0 fully saturated rings. The number of hydrogen-bond acceptors (Lipinski definition) is 2. The largest absolute Gasteiger partial charge is 0.507 e. The molecule has 0 atom stereocenters. The van der Waals surface area contributed by atoms with Crippen LogP contribution in [-0.2, 0) is 0 Å². The minimum Gasteiger partial charge on any atom is -0.507 e. The van der Waals surface area contributed by atoms with Crippen molar-refractivity contribution in [2.45, 2.75) is 6.92 Å². The van der Waals surface area contributed by atoms with Crippen LogP contribution in [0.4, 0.5) is 0 Å². The van der Waals surface area contributed by atoms with Crippen molar-refractivity contribution in [2.75, 3.05) is 0 Å². The number of fused-ring (bicyclic) bond motifs is 3. The van der Waals surface area contributed by atoms with Crippen molar-refractivity contribution < 1.29 is 5.11 Å². The van der Waals surface area contributed by atoms with Gasteiger partial charge in [-0.2, -0.15) is 0 Å². The third-order valence-corrected chi connectivity index (χ3v) is 2.83. The number of aryl methyl sites for hydroxylation is 1. The van der Waals surface area contributed by atoms with Gasteiger partial charge in [-0.25, -0.2) is 0 Å². The molecule has 68 valence electrons. The zero-order chi connectivity index (χ0) is 9.87. The van der Waals surface area contributed by atoms with Crippen LogP contribution in [0.15, 0.2) is 29.1 Å². The molecule has 0 aliphatic carbocycles. The van der Waals surface area contributed by atoms with Gasteiger partial charge in [0.2, 0.25) is 0 Å². The number of phenolic OH excluding ortho intramolecular Hbond substituents is 1. The highest BCUT2D eigenvalue weighted by Gasteiger charge is 2.22. The Labute approximate surface area is 80.1 Å². The van der Waals surface area contributed by atoms with Crippen LogP contribution in [0.25, 0.3) is 21.5 Å². The summed E-state index contributed by atoms with van der Waals surface area (Å²) in [6.07, 6.45) is 0. The third kappa shape index (κ3) is 0.691. The van der Waals surface area contributed by atoms with Crippen molar-refractivity contribution in [3.63, 3.8) is 0 Å². The van der Waals surface area contributed by atoms with Gasteiger partial charge in [-0.15, -0.1) is 0 Å². The van der Waals surface area contributed by atoms with Crippen LogP contribution >= 0.6 is 0 Å². The maximum atomic E-state index is 11.4. The van der Waals surface area contributed by atoms with Gasteiger partial charge in [-0.05, 0) is 23.3 Å². The van der Waals surface area contributed by atoms with Gasteiger partial charge in [0, 0.05) is 5.39 Å². The van der Waals surface area contributed by atoms with Crippen molar-refractivity contribution in [3.05, 3.63) is 40.1 Å². The van der Waals surface area contributed by atoms with Gasteiger partial charge in [0.1, 0.15) is 5.75 Å². The van der Waals surface area contributed by atoms with Crippen LogP contribution in [0.2, 0.25) is 0 Å². The fourth-order valence-corrected chi connectivity index (χ4v) is 2.00. The van der Waals surface area contributed by atoms with Crippen molar-refractivity contribution in [1.82, 2.24) is 0 Å². The molecule has 0 saturated carbocycles. The first-order valence-electron chi connectivity index (χ1n) is 4.51. The SMILES string of the molecule is Cc1c(O)c2c(=O)c2c2ccccc12. The first-order valence-corrected chi connectivity index (χ1v) is 4.51. The Balaban J connectivity index is 2.70. The molecule has 0 unspecified atom stereocenters. The van der Waals surface area contributed by atoms with E-state index in [-0.39, 0.29) is 11.2 Å². The zero-order valence-electron chi connectivity index (χ0n) is 7.66. The molecule has 1 N–H and O–H groups in total. The standard InChI is InChI=1S/C12H8O2/c1-6-7-4-2-3-5-8(7)9-10(11(6)13)12(9)14/h2-5,13H,1H3. The molecule has 0 spiro atoms. The molecule has 2 heteroatoms. The smallest absolute Gasteiger partial charge is 0.199 e. The minimum absolute atomic E-state index is 0.00759. The van der Waals surface area contributed by atoms with E-state index < -0.39 is 0 Å². The molecular weight excluding hydrogens is 176 g/mol. The molecule has 14 heavy (non-hydrogen) atoms. The Morgan fingerprint density at radius 3 is 2.43 bits per heavy atom. The lowest BCUT2D eigenvalue weighted by molar-refractivity contribution is 0.479. The molecule has 0 aliphatic heterocycles. The van der Waals surface area contributed by atoms with E-state index in [2.05, 4.69) is 0 Å². The quantitative estimate of drug-likeness (QED) is 0.581. The van der Waals surface area contributed by atoms with Crippen molar-refractivity contribution in [2.24, 2.45) is 0 Å². The van der Waals surface area contributed by atoms with E-state index in [9.17, 15) is 9.90 Å². The van der Waals surface area contributed by atoms with Gasteiger partial charge in [0.25, 0.3) is 0 Å². The molecule has 3 aromatic carbocycles. The van der Waals surface area contributed by atoms with E-state index in [0.717, 1.165) is 16.3 Å². The molecule has 0 amide bonds. The summed E-state index contributed by atoms with van der Waals surface area (Å²) in [5.74, 6) is 0.156. The van der Waals surface area contributed by atoms with Crippen LogP contribution in [0.3, 0.4) is 0 Å². The minimum atomic E-state index is -0.00759. The van der Waals surface area contributed by atoms with E-state index in [0.29, 0.717) is 10.8 Å². The first kappa shape index (κ1) is 7.56. The van der Waals surface area contributed by atoms with Gasteiger partial charge in [-0.3, -0.25) is 4.79 Å². The second kappa shape index (κ2) is 2.15. The second-order valence-electron chi connectivity index (χ2n) is 3.60. The fourth-order valence-electron chi connectivity index (χ4n) is 2.00. The highest BCUT2D eigenvalue weighted by Crippen LogP contribution is 2.37. The van der Waals surface area contributed by atoms with E-state index in [1.165, 1.54) is 0 Å². The molecule has 3 aromatic rings. The van der Waals surface area contributed by atoms with E-state index in [4.69, 9.17) is 0 Å². The summed E-state index contributed by atoms with van der Waals surface area (Å²) < 4.78 is 0. The Kier molecular flexibility index (Phi) is 1.16. The van der Waals surface area contributed by atoms with Crippen molar-refractivity contribution in [1.29, 1.82) is 0 Å². The summed E-state index contributed by atoms with van der Waals surface area (Å²) in [7, 11) is 0. The molecule has 3 rings (SSSR count). The van der Waals surface area contributed by atoms with Crippen LogP contribution in [0, 0.1) is 6.92 Å². The number of hydrogen-bond donors (Lipinski definition) is 1. The molecule has 2 nitrogen and oxygen atoms in total. The third-order valence-electron chi connectivity index (χ3n) is 2.83. The Bertz CT molecular complexity index is 670. The van der Waals surface area contributed by atoms with Crippen molar-refractivity contribution >= 4 is 21.5 Å². The van der Waals surface area contributed by atoms with Crippen molar-refractivity contribution in [3.8, 4) is 5.75 Å². The maximum Gasteiger partial charge on any atom is 0.199 e. The Morgan fingerprint density at radius 2 is 1.71 bits per heavy atom. The van der Waals surface area contributed by atoms with Gasteiger partial charge in [0.05, 0.1) is 5.39 Å². The van der Waals surface area contributed by atoms with Gasteiger partial charge >= 0.3 is 0 Å². The molecular formula is C12H8O2. The maximum absolute atomic E-state index is 11.4. The lowest BCUT2D eigenvalue weighted by Gasteiger charge is -2.01. The van der Waals surface area contributed by atoms with E-state index in [1.807, 2.05) is 31.2 Å². The lowest BCUT2D eigenvalue weighted by atomic mass is 10.1. The van der Waals surface area contributed by atoms with E-state index in [1.54, 1.807) is 0 Å². The summed E-state index contributed by atoms with van der Waals surface area (Å²) in [6, 6.07) is 7.67. The summed E-state index contributed by atoms with van der Waals surface area (Å²) in [5.41, 5.74) is 0.789. The van der Waals surface area contributed by atoms with Gasteiger partial charge in [-0.1, -0.05) is 24.3 Å². The zero-order valence-corrected chi connectivity index (χ0v) is 7.66. The molecule has 0 bridgehead atoms. The summed E-state index contributed by atoms with van der Waals surface area (Å²) in [5, 5.41) is 12.8. The number of benzene rings is 2. The number of phenols is 1. The van der Waals surface area contributed by atoms with Crippen LogP contribution in [0.1, 0.15) is 5.56 Å². The van der Waals surface area contributed by atoms with Gasteiger partial charge < -0.3 is 5.11 Å². The summed E-state index contributed by atoms with van der Waals surface area (Å²) in [4.78, 5) is 11.4. The lowest BCUT2D eigenvalue weighted by Crippen LogP contribution is -1.76. The van der Waals surface area contributed by atoms with Crippen LogP contribution in [0.5, 0.6) is 5.75 Å². The summed E-state index contributed by atoms with van der Waals surface area (Å²) >= 11 is 0. The fraction of sp³-hybridized carbons (Fsp3) is 0.0833. The number of aromatic hydroxyl groups is 1. The Hall–Kier alpha value is -1.83. The monoisotopic (exact) mass is 184 g/mol. The molecule has 0 radical (unpaired) electrons. The molecule has 0 saturated heterocycles. The second-order valence-corrected chi connectivity index (χ2v) is 3.60. The van der Waals surface area contributed by atoms with Gasteiger partial charge in [0.15, 0.2) is 5.43 Å². The first-order chi connectivity index (χ1) is 6.72. The number of rotatable bonds is 0. The predicted octanol–water partition coefficient (Wildman–Crippen LogP) is 2.24. The predicted molar refractivity (Wildman–Crippen MR) is 56.5 cm³/mol.